The first-order valence-corrected chi connectivity index (χ1v) is 6.31. The van der Waals surface area contributed by atoms with Gasteiger partial charge in [-0.15, -0.1) is 0 Å². The molecule has 3 aromatic rings. The fourth-order valence-corrected chi connectivity index (χ4v) is 2.01. The molecule has 0 aliphatic rings. The minimum Gasteiger partial charge on any atom is -1.00 e. The Morgan fingerprint density at radius 2 is 2.09 bits per heavy atom. The normalized spacial score (nSPS) is 10.0. The molecule has 0 bridgehead atoms. The van der Waals surface area contributed by atoms with Crippen molar-refractivity contribution in [2.24, 2.45) is 0 Å². The van der Waals surface area contributed by atoms with Crippen LogP contribution in [0.2, 0.25) is 0 Å². The van der Waals surface area contributed by atoms with E-state index >= 15 is 0 Å². The fraction of sp³-hybridized carbons (Fsp3) is 0.0667. The molecule has 0 atom stereocenters. The number of hydrogen-bond donors (Lipinski definition) is 1. The number of halogens is 1. The summed E-state index contributed by atoms with van der Waals surface area (Å²) in [5, 5.41) is 13.4. The highest BCUT2D eigenvalue weighted by atomic mass is 35.5. The van der Waals surface area contributed by atoms with Crippen LogP contribution in [0.3, 0.4) is 0 Å². The van der Waals surface area contributed by atoms with Crippen LogP contribution in [0.5, 0.6) is 0 Å². The number of nitrogens with zero attached hydrogens (tertiary/aromatic N) is 3. The lowest BCUT2D eigenvalue weighted by atomic mass is 10.1. The molecule has 0 unspecified atom stereocenters. The van der Waals surface area contributed by atoms with Crippen LogP contribution in [0.25, 0.3) is 11.5 Å². The Bertz CT molecular complexity index is 758. The lowest BCUT2D eigenvalue weighted by molar-refractivity contribution is -0.746. The molecule has 7 heteroatoms. The van der Waals surface area contributed by atoms with E-state index in [0.717, 1.165) is 5.56 Å². The van der Waals surface area contributed by atoms with Crippen molar-refractivity contribution in [1.29, 1.82) is 0 Å². The summed E-state index contributed by atoms with van der Waals surface area (Å²) >= 11 is 0. The summed E-state index contributed by atoms with van der Waals surface area (Å²) in [5.74, 6) is -0.441. The van der Waals surface area contributed by atoms with E-state index in [2.05, 4.69) is 10.1 Å². The van der Waals surface area contributed by atoms with Crippen molar-refractivity contribution in [3.63, 3.8) is 0 Å². The maximum absolute atomic E-state index is 11.2. The zero-order valence-electron chi connectivity index (χ0n) is 11.4. The SMILES string of the molecule is O=C(O)c1ccccc1C[n+]1ccc(-c2ncco2)cn1.[Cl-]. The number of aromatic carboxylic acids is 1. The van der Waals surface area contributed by atoms with Crippen LogP contribution < -0.4 is 17.1 Å². The van der Waals surface area contributed by atoms with Gasteiger partial charge in [-0.2, -0.15) is 0 Å². The van der Waals surface area contributed by atoms with Gasteiger partial charge in [0.05, 0.1) is 17.3 Å². The Kier molecular flexibility index (Phi) is 4.85. The summed E-state index contributed by atoms with van der Waals surface area (Å²) in [5.41, 5.74) is 1.75. The van der Waals surface area contributed by atoms with E-state index < -0.39 is 5.97 Å². The van der Waals surface area contributed by atoms with Gasteiger partial charge in [0.1, 0.15) is 12.5 Å². The molecule has 0 radical (unpaired) electrons. The van der Waals surface area contributed by atoms with Gasteiger partial charge in [-0.05, 0) is 11.2 Å². The van der Waals surface area contributed by atoms with Gasteiger partial charge in [0, 0.05) is 11.6 Å². The first-order chi connectivity index (χ1) is 10.2. The molecule has 112 valence electrons. The van der Waals surface area contributed by atoms with Crippen molar-refractivity contribution in [1.82, 2.24) is 10.1 Å². The number of rotatable bonds is 4. The van der Waals surface area contributed by atoms with E-state index in [-0.39, 0.29) is 18.0 Å². The number of hydrogen-bond acceptors (Lipinski definition) is 4. The van der Waals surface area contributed by atoms with E-state index in [0.29, 0.717) is 18.0 Å². The van der Waals surface area contributed by atoms with E-state index in [1.807, 2.05) is 12.1 Å². The van der Waals surface area contributed by atoms with Crippen molar-refractivity contribution in [3.05, 3.63) is 66.3 Å². The van der Waals surface area contributed by atoms with Crippen LogP contribution in [0.15, 0.2) is 59.6 Å². The molecule has 6 nitrogen and oxygen atoms in total. The Labute approximate surface area is 132 Å². The summed E-state index contributed by atoms with van der Waals surface area (Å²) in [6.45, 7) is 0.383. The number of carboxylic acids is 1. The summed E-state index contributed by atoms with van der Waals surface area (Å²) in [7, 11) is 0. The van der Waals surface area contributed by atoms with Gasteiger partial charge in [0.2, 0.25) is 12.4 Å². The Morgan fingerprint density at radius 1 is 1.27 bits per heavy atom. The predicted octanol–water partition coefficient (Wildman–Crippen LogP) is -1.23. The lowest BCUT2D eigenvalue weighted by Gasteiger charge is -2.01. The molecule has 2 aromatic heterocycles. The van der Waals surface area contributed by atoms with Crippen LogP contribution >= 0.6 is 0 Å². The molecule has 0 amide bonds. The summed E-state index contributed by atoms with van der Waals surface area (Å²) in [6, 6.07) is 8.70. The van der Waals surface area contributed by atoms with Crippen molar-refractivity contribution in [2.45, 2.75) is 6.54 Å². The zero-order chi connectivity index (χ0) is 14.7. The van der Waals surface area contributed by atoms with Crippen molar-refractivity contribution < 1.29 is 31.4 Å². The van der Waals surface area contributed by atoms with E-state index in [1.54, 1.807) is 41.5 Å². The van der Waals surface area contributed by atoms with Crippen molar-refractivity contribution in [3.8, 4) is 11.5 Å². The van der Waals surface area contributed by atoms with Gasteiger partial charge in [0.15, 0.2) is 6.20 Å². The summed E-state index contributed by atoms with van der Waals surface area (Å²) in [4.78, 5) is 15.2. The highest BCUT2D eigenvalue weighted by Crippen LogP contribution is 2.13. The standard InChI is InChI=1S/C15H11N3O3.ClH/c19-15(20)13-4-2-1-3-12(13)10-18-7-5-11(9-17-18)14-16-6-8-21-14;/h1-9H,10H2;1H. The molecule has 0 spiro atoms. The van der Waals surface area contributed by atoms with Gasteiger partial charge in [-0.1, -0.05) is 22.9 Å². The minimum absolute atomic E-state index is 0. The average molecular weight is 318 g/mol. The molecule has 3 rings (SSSR count). The van der Waals surface area contributed by atoms with Gasteiger partial charge < -0.3 is 21.9 Å². The smallest absolute Gasteiger partial charge is 0.336 e. The Morgan fingerprint density at radius 3 is 2.73 bits per heavy atom. The molecular formula is C15H12ClN3O3. The monoisotopic (exact) mass is 317 g/mol. The third kappa shape index (κ3) is 3.29. The highest BCUT2D eigenvalue weighted by Gasteiger charge is 2.14. The van der Waals surface area contributed by atoms with Crippen LogP contribution in [-0.4, -0.2) is 21.2 Å². The molecule has 0 fully saturated rings. The van der Waals surface area contributed by atoms with Gasteiger partial charge in [0.25, 0.3) is 0 Å². The van der Waals surface area contributed by atoms with E-state index in [4.69, 9.17) is 9.52 Å². The maximum atomic E-state index is 11.2. The quantitative estimate of drug-likeness (QED) is 0.610. The topological polar surface area (TPSA) is 80.1 Å². The molecular weight excluding hydrogens is 306 g/mol. The number of carbonyl (C=O) groups is 1. The fourth-order valence-electron chi connectivity index (χ4n) is 2.01. The molecule has 0 saturated heterocycles. The van der Waals surface area contributed by atoms with Crippen molar-refractivity contribution >= 4 is 5.97 Å². The third-order valence-electron chi connectivity index (χ3n) is 3.03. The third-order valence-corrected chi connectivity index (χ3v) is 3.03. The molecule has 2 heterocycles. The molecule has 1 N–H and O–H groups in total. The largest absolute Gasteiger partial charge is 1.00 e. The molecule has 1 aromatic carbocycles. The summed E-state index contributed by atoms with van der Waals surface area (Å²) < 4.78 is 6.85. The van der Waals surface area contributed by atoms with Gasteiger partial charge in [-0.25, -0.2) is 9.78 Å². The van der Waals surface area contributed by atoms with Crippen LogP contribution in [0.1, 0.15) is 15.9 Å². The second-order valence-electron chi connectivity index (χ2n) is 4.41. The predicted molar refractivity (Wildman–Crippen MR) is 72.4 cm³/mol. The second kappa shape index (κ2) is 6.82. The Hall–Kier alpha value is -2.73. The second-order valence-corrected chi connectivity index (χ2v) is 4.41. The minimum atomic E-state index is -0.942. The molecule has 0 saturated carbocycles. The number of benzene rings is 1. The van der Waals surface area contributed by atoms with Gasteiger partial charge >= 0.3 is 5.97 Å². The van der Waals surface area contributed by atoms with E-state index in [1.165, 1.54) is 6.26 Å². The van der Waals surface area contributed by atoms with Crippen LogP contribution in [-0.2, 0) is 6.54 Å². The lowest BCUT2D eigenvalue weighted by Crippen LogP contribution is -3.00. The summed E-state index contributed by atoms with van der Waals surface area (Å²) in [6.07, 6.45) is 6.46. The van der Waals surface area contributed by atoms with E-state index in [9.17, 15) is 4.79 Å². The van der Waals surface area contributed by atoms with Crippen molar-refractivity contribution in [2.75, 3.05) is 0 Å². The van der Waals surface area contributed by atoms with Crippen LogP contribution in [0.4, 0.5) is 0 Å². The molecule has 0 aliphatic heterocycles. The highest BCUT2D eigenvalue weighted by molar-refractivity contribution is 5.89. The number of carboxylic acid groups (broad SMARTS) is 1. The first-order valence-electron chi connectivity index (χ1n) is 6.31. The number of aromatic nitrogens is 3. The maximum Gasteiger partial charge on any atom is 0.336 e. The average Bonchev–Trinajstić information content (AvgIpc) is 3.03. The van der Waals surface area contributed by atoms with Crippen LogP contribution in [0, 0.1) is 0 Å². The first kappa shape index (κ1) is 15.7. The zero-order valence-corrected chi connectivity index (χ0v) is 12.1. The molecule has 22 heavy (non-hydrogen) atoms. The molecule has 0 aliphatic carbocycles. The number of oxazole rings is 1. The Balaban J connectivity index is 0.00000176. The van der Waals surface area contributed by atoms with Gasteiger partial charge in [-0.3, -0.25) is 0 Å².